The van der Waals surface area contributed by atoms with Crippen LogP contribution in [0.4, 0.5) is 0 Å². The molecule has 0 radical (unpaired) electrons. The van der Waals surface area contributed by atoms with Crippen LogP contribution < -0.4 is 14.2 Å². The Hall–Kier alpha value is -1.76. The van der Waals surface area contributed by atoms with Gasteiger partial charge in [0, 0.05) is 17.1 Å². The number of halogens is 1. The van der Waals surface area contributed by atoms with E-state index in [-0.39, 0.29) is 11.4 Å². The molecule has 2 rings (SSSR count). The minimum Gasteiger partial charge on any atom is -0.497 e. The maximum absolute atomic E-state index is 12.2. The van der Waals surface area contributed by atoms with Crippen molar-refractivity contribution >= 4 is 21.6 Å². The molecule has 0 aromatic heterocycles. The highest BCUT2D eigenvalue weighted by molar-refractivity contribution is 7.89. The van der Waals surface area contributed by atoms with Crippen LogP contribution in [0.2, 0.25) is 5.02 Å². The van der Waals surface area contributed by atoms with Gasteiger partial charge < -0.3 is 9.47 Å². The van der Waals surface area contributed by atoms with E-state index in [2.05, 4.69) is 4.72 Å². The molecular formula is C15H16ClNO4S. The number of sulfonamides is 1. The average molecular weight is 342 g/mol. The molecule has 2 aromatic carbocycles. The minimum atomic E-state index is -3.62. The molecule has 0 aliphatic rings. The van der Waals surface area contributed by atoms with Crippen molar-refractivity contribution in [1.29, 1.82) is 0 Å². The monoisotopic (exact) mass is 341 g/mol. The zero-order chi connectivity index (χ0) is 16.2. The van der Waals surface area contributed by atoms with Crippen LogP contribution in [0, 0.1) is 0 Å². The standard InChI is InChI=1S/C15H16ClNO4S/c1-20-13-5-8-15(21-2)11(9-13)10-17-22(18,19)14-6-3-12(16)4-7-14/h3-9,17H,10H2,1-2H3. The number of benzene rings is 2. The lowest BCUT2D eigenvalue weighted by Crippen LogP contribution is -2.23. The first-order chi connectivity index (χ1) is 10.5. The second-order valence-electron chi connectivity index (χ2n) is 4.46. The second-order valence-corrected chi connectivity index (χ2v) is 6.66. The zero-order valence-corrected chi connectivity index (χ0v) is 13.7. The Bertz CT molecular complexity index is 745. The van der Waals surface area contributed by atoms with Gasteiger partial charge in [0.1, 0.15) is 11.5 Å². The van der Waals surface area contributed by atoms with E-state index < -0.39 is 10.0 Å². The van der Waals surface area contributed by atoms with Gasteiger partial charge in [0.25, 0.3) is 0 Å². The van der Waals surface area contributed by atoms with Gasteiger partial charge in [-0.05, 0) is 42.5 Å². The molecule has 0 bridgehead atoms. The van der Waals surface area contributed by atoms with Crippen molar-refractivity contribution in [1.82, 2.24) is 4.72 Å². The Morgan fingerprint density at radius 2 is 1.73 bits per heavy atom. The summed E-state index contributed by atoms with van der Waals surface area (Å²) < 4.78 is 37.4. The molecule has 0 unspecified atom stereocenters. The van der Waals surface area contributed by atoms with Crippen molar-refractivity contribution in [2.75, 3.05) is 14.2 Å². The molecule has 0 fully saturated rings. The van der Waals surface area contributed by atoms with Gasteiger partial charge in [-0.25, -0.2) is 13.1 Å². The third-order valence-electron chi connectivity index (χ3n) is 3.06. The van der Waals surface area contributed by atoms with Crippen LogP contribution in [0.5, 0.6) is 11.5 Å². The van der Waals surface area contributed by atoms with E-state index in [0.717, 1.165) is 0 Å². The highest BCUT2D eigenvalue weighted by atomic mass is 35.5. The second kappa shape index (κ2) is 7.00. The first kappa shape index (κ1) is 16.6. The van der Waals surface area contributed by atoms with E-state index in [1.807, 2.05) is 0 Å². The van der Waals surface area contributed by atoms with Gasteiger partial charge in [0.05, 0.1) is 19.1 Å². The number of hydrogen-bond donors (Lipinski definition) is 1. The van der Waals surface area contributed by atoms with Crippen LogP contribution in [0.3, 0.4) is 0 Å². The third-order valence-corrected chi connectivity index (χ3v) is 4.73. The molecule has 7 heteroatoms. The number of methoxy groups -OCH3 is 2. The fraction of sp³-hybridized carbons (Fsp3) is 0.200. The molecule has 2 aromatic rings. The number of rotatable bonds is 6. The van der Waals surface area contributed by atoms with Crippen LogP contribution in [-0.2, 0) is 16.6 Å². The van der Waals surface area contributed by atoms with Crippen molar-refractivity contribution in [2.45, 2.75) is 11.4 Å². The predicted octanol–water partition coefficient (Wildman–Crippen LogP) is 2.84. The van der Waals surface area contributed by atoms with Crippen LogP contribution >= 0.6 is 11.6 Å². The molecule has 0 aliphatic heterocycles. The van der Waals surface area contributed by atoms with Crippen molar-refractivity contribution < 1.29 is 17.9 Å². The Kier molecular flexibility index (Phi) is 5.28. The lowest BCUT2D eigenvalue weighted by atomic mass is 10.2. The molecule has 118 valence electrons. The third kappa shape index (κ3) is 3.91. The summed E-state index contributed by atoms with van der Waals surface area (Å²) in [6, 6.07) is 11.2. The molecule has 0 saturated heterocycles. The van der Waals surface area contributed by atoms with Gasteiger partial charge in [0.15, 0.2) is 0 Å². The van der Waals surface area contributed by atoms with Crippen LogP contribution in [0.1, 0.15) is 5.56 Å². The summed E-state index contributed by atoms with van der Waals surface area (Å²) in [5.41, 5.74) is 0.680. The Morgan fingerprint density at radius 1 is 1.05 bits per heavy atom. The molecule has 0 atom stereocenters. The average Bonchev–Trinajstić information content (AvgIpc) is 2.53. The fourth-order valence-corrected chi connectivity index (χ4v) is 3.02. The summed E-state index contributed by atoms with van der Waals surface area (Å²) in [6.45, 7) is 0.0886. The number of nitrogens with one attached hydrogen (secondary N) is 1. The molecule has 0 saturated carbocycles. The Labute approximate surface area is 134 Å². The normalized spacial score (nSPS) is 11.2. The van der Waals surface area contributed by atoms with E-state index in [0.29, 0.717) is 22.1 Å². The van der Waals surface area contributed by atoms with Crippen molar-refractivity contribution in [3.63, 3.8) is 0 Å². The molecule has 0 spiro atoms. The van der Waals surface area contributed by atoms with Crippen molar-refractivity contribution in [3.05, 3.63) is 53.1 Å². The summed E-state index contributed by atoms with van der Waals surface area (Å²) in [4.78, 5) is 0.152. The van der Waals surface area contributed by atoms with Gasteiger partial charge >= 0.3 is 0 Å². The number of ether oxygens (including phenoxy) is 2. The largest absolute Gasteiger partial charge is 0.497 e. The van der Waals surface area contributed by atoms with Gasteiger partial charge in [0.2, 0.25) is 10.0 Å². The zero-order valence-electron chi connectivity index (χ0n) is 12.2. The number of hydrogen-bond acceptors (Lipinski definition) is 4. The fourth-order valence-electron chi connectivity index (χ4n) is 1.89. The highest BCUT2D eigenvalue weighted by Crippen LogP contribution is 2.24. The van der Waals surface area contributed by atoms with Gasteiger partial charge in [-0.1, -0.05) is 11.6 Å². The van der Waals surface area contributed by atoms with Crippen LogP contribution in [0.25, 0.3) is 0 Å². The summed E-state index contributed by atoms with van der Waals surface area (Å²) in [6.07, 6.45) is 0. The molecule has 1 N–H and O–H groups in total. The lowest BCUT2D eigenvalue weighted by molar-refractivity contribution is 0.398. The lowest BCUT2D eigenvalue weighted by Gasteiger charge is -2.12. The predicted molar refractivity (Wildman–Crippen MR) is 85.0 cm³/mol. The Balaban J connectivity index is 2.20. The minimum absolute atomic E-state index is 0.0886. The molecule has 5 nitrogen and oxygen atoms in total. The molecular weight excluding hydrogens is 326 g/mol. The molecule has 0 heterocycles. The first-order valence-electron chi connectivity index (χ1n) is 6.42. The molecule has 0 aliphatic carbocycles. The van der Waals surface area contributed by atoms with Gasteiger partial charge in [-0.3, -0.25) is 0 Å². The van der Waals surface area contributed by atoms with E-state index in [9.17, 15) is 8.42 Å². The quantitative estimate of drug-likeness (QED) is 0.877. The van der Waals surface area contributed by atoms with E-state index in [4.69, 9.17) is 21.1 Å². The maximum Gasteiger partial charge on any atom is 0.240 e. The summed E-state index contributed by atoms with van der Waals surface area (Å²) in [5, 5.41) is 0.480. The topological polar surface area (TPSA) is 64.6 Å². The molecule has 0 amide bonds. The van der Waals surface area contributed by atoms with Crippen molar-refractivity contribution in [2.24, 2.45) is 0 Å². The maximum atomic E-state index is 12.2. The summed E-state index contributed by atoms with van der Waals surface area (Å²) in [5.74, 6) is 1.21. The Morgan fingerprint density at radius 3 is 2.32 bits per heavy atom. The summed E-state index contributed by atoms with van der Waals surface area (Å²) >= 11 is 5.76. The van der Waals surface area contributed by atoms with E-state index >= 15 is 0 Å². The smallest absolute Gasteiger partial charge is 0.240 e. The summed E-state index contributed by atoms with van der Waals surface area (Å²) in [7, 11) is -0.553. The van der Waals surface area contributed by atoms with Gasteiger partial charge in [-0.2, -0.15) is 0 Å². The van der Waals surface area contributed by atoms with Crippen LogP contribution in [0.15, 0.2) is 47.4 Å². The highest BCUT2D eigenvalue weighted by Gasteiger charge is 2.15. The van der Waals surface area contributed by atoms with Crippen molar-refractivity contribution in [3.8, 4) is 11.5 Å². The van der Waals surface area contributed by atoms with Crippen LogP contribution in [-0.4, -0.2) is 22.6 Å². The van der Waals surface area contributed by atoms with Gasteiger partial charge in [-0.15, -0.1) is 0 Å². The molecule has 22 heavy (non-hydrogen) atoms. The SMILES string of the molecule is COc1ccc(OC)c(CNS(=O)(=O)c2ccc(Cl)cc2)c1. The first-order valence-corrected chi connectivity index (χ1v) is 8.28. The van der Waals surface area contributed by atoms with E-state index in [1.165, 1.54) is 31.4 Å². The van der Waals surface area contributed by atoms with E-state index in [1.54, 1.807) is 25.3 Å².